The molecule has 2 rings (SSSR count). The number of carboxylic acid groups (broad SMARTS) is 1. The van der Waals surface area contributed by atoms with Crippen LogP contribution in [0.1, 0.15) is 52.4 Å². The Labute approximate surface area is 124 Å². The third-order valence-electron chi connectivity index (χ3n) is 4.71. The molecule has 1 saturated heterocycles. The fourth-order valence-corrected chi connectivity index (χ4v) is 2.95. The van der Waals surface area contributed by atoms with Crippen LogP contribution in [0.3, 0.4) is 0 Å². The molecule has 2 atom stereocenters. The molecule has 2 fully saturated rings. The Morgan fingerprint density at radius 2 is 1.71 bits per heavy atom. The van der Waals surface area contributed by atoms with Crippen molar-refractivity contribution in [3.05, 3.63) is 0 Å². The molecule has 0 aromatic heterocycles. The molecule has 0 aromatic rings. The maximum atomic E-state index is 12.0. The molecule has 1 aliphatic heterocycles. The van der Waals surface area contributed by atoms with E-state index < -0.39 is 23.8 Å². The molecular weight excluding hydrogens is 274 g/mol. The lowest BCUT2D eigenvalue weighted by Gasteiger charge is -2.40. The predicted octanol–water partition coefficient (Wildman–Crippen LogP) is 1.07. The van der Waals surface area contributed by atoms with Gasteiger partial charge in [0, 0.05) is 6.54 Å². The second kappa shape index (κ2) is 5.93. The van der Waals surface area contributed by atoms with E-state index in [2.05, 4.69) is 19.2 Å². The maximum absolute atomic E-state index is 12.0. The van der Waals surface area contributed by atoms with Crippen LogP contribution in [-0.2, 0) is 14.3 Å². The minimum absolute atomic E-state index is 0.208. The van der Waals surface area contributed by atoms with Crippen molar-refractivity contribution in [1.29, 1.82) is 0 Å². The Balaban J connectivity index is 1.78. The van der Waals surface area contributed by atoms with Crippen molar-refractivity contribution in [3.8, 4) is 0 Å². The van der Waals surface area contributed by atoms with E-state index in [-0.39, 0.29) is 17.9 Å². The van der Waals surface area contributed by atoms with E-state index in [9.17, 15) is 14.7 Å². The number of nitrogens with one attached hydrogen (secondary N) is 1. The molecule has 0 aromatic carbocycles. The average Bonchev–Trinajstić information content (AvgIpc) is 2.90. The first kappa shape index (κ1) is 16.2. The molecule has 1 saturated carbocycles. The Hall–Kier alpha value is -1.14. The number of carboxylic acids is 1. The van der Waals surface area contributed by atoms with E-state index in [0.29, 0.717) is 25.7 Å². The number of hydrogen-bond acceptors (Lipinski definition) is 4. The first-order chi connectivity index (χ1) is 9.71. The highest BCUT2D eigenvalue weighted by molar-refractivity contribution is 5.82. The van der Waals surface area contributed by atoms with Crippen LogP contribution in [0.5, 0.6) is 0 Å². The molecule has 120 valence electrons. The minimum atomic E-state index is -1.03. The molecule has 1 heterocycles. The Kier molecular flexibility index (Phi) is 4.58. The van der Waals surface area contributed by atoms with E-state index in [1.165, 1.54) is 0 Å². The van der Waals surface area contributed by atoms with Crippen molar-refractivity contribution in [2.45, 2.75) is 70.2 Å². The number of carbonyl (C=O) groups is 2. The Morgan fingerprint density at radius 1 is 1.14 bits per heavy atom. The van der Waals surface area contributed by atoms with Gasteiger partial charge in [-0.3, -0.25) is 4.79 Å². The van der Waals surface area contributed by atoms with Crippen molar-refractivity contribution in [2.24, 2.45) is 5.41 Å². The fraction of sp³-hybridized carbons (Fsp3) is 0.867. The number of rotatable bonds is 4. The quantitative estimate of drug-likeness (QED) is 0.721. The molecule has 6 heteroatoms. The zero-order valence-electron chi connectivity index (χ0n) is 12.7. The highest BCUT2D eigenvalue weighted by Crippen LogP contribution is 2.39. The molecule has 1 amide bonds. The average molecular weight is 299 g/mol. The van der Waals surface area contributed by atoms with Gasteiger partial charge in [0.05, 0.1) is 5.60 Å². The van der Waals surface area contributed by atoms with Crippen LogP contribution in [0.2, 0.25) is 0 Å². The van der Waals surface area contributed by atoms with Gasteiger partial charge in [0.1, 0.15) is 6.10 Å². The SMILES string of the molecule is CC1(C)CCC(O)(CNC(=O)[C@@H]2CC[C@H](C(=O)O)O2)CC1. The molecule has 0 spiro atoms. The molecule has 6 nitrogen and oxygen atoms in total. The molecule has 2 aliphatic rings. The van der Waals surface area contributed by atoms with E-state index in [0.717, 1.165) is 12.8 Å². The third kappa shape index (κ3) is 4.17. The van der Waals surface area contributed by atoms with Crippen molar-refractivity contribution in [2.75, 3.05) is 6.54 Å². The first-order valence-corrected chi connectivity index (χ1v) is 7.59. The normalized spacial score (nSPS) is 30.8. The molecule has 0 radical (unpaired) electrons. The van der Waals surface area contributed by atoms with Gasteiger partial charge in [0.25, 0.3) is 0 Å². The van der Waals surface area contributed by atoms with Crippen LogP contribution < -0.4 is 5.32 Å². The van der Waals surface area contributed by atoms with Gasteiger partial charge in [0.2, 0.25) is 5.91 Å². The summed E-state index contributed by atoms with van der Waals surface area (Å²) in [6, 6.07) is 0. The largest absolute Gasteiger partial charge is 0.479 e. The smallest absolute Gasteiger partial charge is 0.332 e. The van der Waals surface area contributed by atoms with E-state index >= 15 is 0 Å². The van der Waals surface area contributed by atoms with Crippen LogP contribution in [0.4, 0.5) is 0 Å². The first-order valence-electron chi connectivity index (χ1n) is 7.59. The van der Waals surface area contributed by atoms with E-state index in [1.54, 1.807) is 0 Å². The lowest BCUT2D eigenvalue weighted by atomic mass is 9.71. The summed E-state index contributed by atoms with van der Waals surface area (Å²) < 4.78 is 5.20. The lowest BCUT2D eigenvalue weighted by Crippen LogP contribution is -2.48. The van der Waals surface area contributed by atoms with Crippen molar-refractivity contribution < 1.29 is 24.5 Å². The summed E-state index contributed by atoms with van der Waals surface area (Å²) in [5.74, 6) is -1.35. The topological polar surface area (TPSA) is 95.9 Å². The van der Waals surface area contributed by atoms with Crippen molar-refractivity contribution in [1.82, 2.24) is 5.32 Å². The predicted molar refractivity (Wildman–Crippen MR) is 75.7 cm³/mol. The van der Waals surface area contributed by atoms with Crippen molar-refractivity contribution in [3.63, 3.8) is 0 Å². The van der Waals surface area contributed by atoms with Crippen LogP contribution in [-0.4, -0.2) is 46.4 Å². The Morgan fingerprint density at radius 3 is 2.24 bits per heavy atom. The minimum Gasteiger partial charge on any atom is -0.479 e. The number of ether oxygens (including phenoxy) is 1. The van der Waals surface area contributed by atoms with Crippen LogP contribution in [0, 0.1) is 5.41 Å². The third-order valence-corrected chi connectivity index (χ3v) is 4.71. The number of hydrogen-bond donors (Lipinski definition) is 3. The summed E-state index contributed by atoms with van der Waals surface area (Å²) in [7, 11) is 0. The van der Waals surface area contributed by atoms with Crippen LogP contribution in [0.25, 0.3) is 0 Å². The standard InChI is InChI=1S/C15H25NO5/c1-14(2)5-7-15(20,8-6-14)9-16-12(17)10-3-4-11(21-10)13(18)19/h10-11,20H,3-9H2,1-2H3,(H,16,17)(H,18,19)/t10-,11+/m0/s1. The van der Waals surface area contributed by atoms with Crippen molar-refractivity contribution >= 4 is 11.9 Å². The summed E-state index contributed by atoms with van der Waals surface area (Å²) in [4.78, 5) is 22.8. The van der Waals surface area contributed by atoms with Gasteiger partial charge in [-0.25, -0.2) is 4.79 Å². The second-order valence-corrected chi connectivity index (χ2v) is 7.14. The van der Waals surface area contributed by atoms with Gasteiger partial charge in [-0.2, -0.15) is 0 Å². The molecular formula is C15H25NO5. The molecule has 3 N–H and O–H groups in total. The molecule has 0 unspecified atom stereocenters. The monoisotopic (exact) mass is 299 g/mol. The summed E-state index contributed by atoms with van der Waals surface area (Å²) in [5, 5.41) is 22.0. The van der Waals surface area contributed by atoms with Crippen LogP contribution in [0.15, 0.2) is 0 Å². The highest BCUT2D eigenvalue weighted by Gasteiger charge is 2.39. The molecule has 1 aliphatic carbocycles. The lowest BCUT2D eigenvalue weighted by molar-refractivity contribution is -0.152. The maximum Gasteiger partial charge on any atom is 0.332 e. The second-order valence-electron chi connectivity index (χ2n) is 7.14. The zero-order chi connectivity index (χ0) is 15.7. The van der Waals surface area contributed by atoms with Gasteiger partial charge in [-0.05, 0) is 43.9 Å². The van der Waals surface area contributed by atoms with Gasteiger partial charge in [0.15, 0.2) is 6.10 Å². The Bertz CT molecular complexity index is 410. The number of aliphatic carboxylic acids is 1. The number of carbonyl (C=O) groups excluding carboxylic acids is 1. The van der Waals surface area contributed by atoms with Gasteiger partial charge in [-0.1, -0.05) is 13.8 Å². The summed E-state index contributed by atoms with van der Waals surface area (Å²) in [6.45, 7) is 4.58. The van der Waals surface area contributed by atoms with Gasteiger partial charge >= 0.3 is 5.97 Å². The molecule has 0 bridgehead atoms. The van der Waals surface area contributed by atoms with Crippen LogP contribution >= 0.6 is 0 Å². The van der Waals surface area contributed by atoms with E-state index in [1.807, 2.05) is 0 Å². The number of amides is 1. The molecule has 21 heavy (non-hydrogen) atoms. The van der Waals surface area contributed by atoms with E-state index in [4.69, 9.17) is 9.84 Å². The fourth-order valence-electron chi connectivity index (χ4n) is 2.95. The van der Waals surface area contributed by atoms with Gasteiger partial charge < -0.3 is 20.3 Å². The number of aliphatic hydroxyl groups is 1. The highest BCUT2D eigenvalue weighted by atomic mass is 16.5. The van der Waals surface area contributed by atoms with Gasteiger partial charge in [-0.15, -0.1) is 0 Å². The summed E-state index contributed by atoms with van der Waals surface area (Å²) in [5.41, 5.74) is -0.602. The summed E-state index contributed by atoms with van der Waals surface area (Å²) in [6.07, 6.45) is 2.36. The zero-order valence-corrected chi connectivity index (χ0v) is 12.7. The summed E-state index contributed by atoms with van der Waals surface area (Å²) >= 11 is 0.